The number of ether oxygens (including phenoxy) is 1. The number of aryl methyl sites for hydroxylation is 1. The van der Waals surface area contributed by atoms with E-state index in [2.05, 4.69) is 10.4 Å². The Balaban J connectivity index is 1.39. The number of carbonyl (C=O) groups excluding carboxylic acids is 2. The topological polar surface area (TPSA) is 73.2 Å². The molecule has 0 aliphatic carbocycles. The van der Waals surface area contributed by atoms with Crippen LogP contribution in [0.15, 0.2) is 36.5 Å². The predicted molar refractivity (Wildman–Crippen MR) is 123 cm³/mol. The second-order valence-corrected chi connectivity index (χ2v) is 8.99. The molecule has 6 nitrogen and oxygen atoms in total. The summed E-state index contributed by atoms with van der Waals surface area (Å²) in [4.78, 5) is 25.5. The van der Waals surface area contributed by atoms with E-state index < -0.39 is 0 Å². The molecule has 1 aliphatic rings. The van der Waals surface area contributed by atoms with Gasteiger partial charge in [0, 0.05) is 41.2 Å². The first-order valence-electron chi connectivity index (χ1n) is 9.86. The molecular weight excluding hydrogens is 434 g/mol. The van der Waals surface area contributed by atoms with Crippen LogP contribution in [0, 0.1) is 6.92 Å². The van der Waals surface area contributed by atoms with E-state index in [1.807, 2.05) is 38.2 Å². The Morgan fingerprint density at radius 3 is 2.87 bits per heavy atom. The van der Waals surface area contributed by atoms with Crippen LogP contribution in [-0.2, 0) is 18.3 Å². The average Bonchev–Trinajstić information content (AvgIpc) is 3.45. The zero-order valence-electron chi connectivity index (χ0n) is 17.4. The number of rotatable bonds is 6. The van der Waals surface area contributed by atoms with Gasteiger partial charge in [0.15, 0.2) is 5.78 Å². The summed E-state index contributed by atoms with van der Waals surface area (Å²) in [6.45, 7) is 3.89. The number of thiophene rings is 1. The van der Waals surface area contributed by atoms with Crippen molar-refractivity contribution in [2.75, 3.05) is 6.54 Å². The number of halogens is 1. The molecule has 0 spiro atoms. The number of nitrogens with one attached hydrogen (secondary N) is 1. The van der Waals surface area contributed by atoms with Gasteiger partial charge in [-0.1, -0.05) is 11.6 Å². The number of amides is 1. The predicted octanol–water partition coefficient (Wildman–Crippen LogP) is 4.45. The van der Waals surface area contributed by atoms with E-state index in [0.717, 1.165) is 32.1 Å². The molecule has 1 unspecified atom stereocenters. The van der Waals surface area contributed by atoms with Crippen LogP contribution in [0.4, 0.5) is 0 Å². The van der Waals surface area contributed by atoms with Gasteiger partial charge in [0.2, 0.25) is 5.91 Å². The Kier molecular flexibility index (Phi) is 5.98. The highest BCUT2D eigenvalue weighted by Gasteiger charge is 2.26. The van der Waals surface area contributed by atoms with Gasteiger partial charge in [-0.15, -0.1) is 11.3 Å². The van der Waals surface area contributed by atoms with Gasteiger partial charge in [-0.25, -0.2) is 0 Å². The average molecular weight is 456 g/mol. The Morgan fingerprint density at radius 2 is 2.19 bits per heavy atom. The number of ketones is 1. The van der Waals surface area contributed by atoms with Crippen molar-refractivity contribution >= 4 is 40.7 Å². The van der Waals surface area contributed by atoms with Crippen LogP contribution in [0.3, 0.4) is 0 Å². The van der Waals surface area contributed by atoms with Crippen LogP contribution in [-0.4, -0.2) is 34.1 Å². The summed E-state index contributed by atoms with van der Waals surface area (Å²) >= 11 is 7.91. The van der Waals surface area contributed by atoms with Gasteiger partial charge in [0.25, 0.3) is 0 Å². The first-order chi connectivity index (χ1) is 14.8. The summed E-state index contributed by atoms with van der Waals surface area (Å²) in [5.41, 5.74) is 3.86. The fourth-order valence-electron chi connectivity index (χ4n) is 3.44. The number of hydrogen-bond donors (Lipinski definition) is 1. The molecular formula is C23H22ClN3O3S. The third-order valence-electron chi connectivity index (χ3n) is 5.28. The maximum atomic E-state index is 12.2. The Labute approximate surface area is 189 Å². The lowest BCUT2D eigenvalue weighted by Crippen LogP contribution is -2.33. The standard InChI is InChI=1S/C23H22ClN3O3S/c1-13-15(11-26-27(13)3)4-7-22(29)25-12-18-9-17-8-16(10-19(24)23(17)30-18)21-6-5-20(31-21)14(2)28/h4-8,10-11,18H,9,12H2,1-3H3,(H,25,29). The van der Waals surface area contributed by atoms with Crippen molar-refractivity contribution in [1.29, 1.82) is 0 Å². The Morgan fingerprint density at radius 1 is 1.39 bits per heavy atom. The molecule has 0 bridgehead atoms. The number of fused-ring (bicyclic) bond motifs is 1. The van der Waals surface area contributed by atoms with Crippen molar-refractivity contribution in [1.82, 2.24) is 15.1 Å². The van der Waals surface area contributed by atoms with E-state index in [0.29, 0.717) is 23.7 Å². The lowest BCUT2D eigenvalue weighted by molar-refractivity contribution is -0.116. The van der Waals surface area contributed by atoms with Gasteiger partial charge in [-0.2, -0.15) is 5.10 Å². The Bertz CT molecular complexity index is 1190. The maximum Gasteiger partial charge on any atom is 0.244 e. The maximum absolute atomic E-state index is 12.2. The zero-order chi connectivity index (χ0) is 22.1. The summed E-state index contributed by atoms with van der Waals surface area (Å²) in [6.07, 6.45) is 5.44. The van der Waals surface area contributed by atoms with E-state index in [9.17, 15) is 9.59 Å². The first kappa shape index (κ1) is 21.3. The fourth-order valence-corrected chi connectivity index (χ4v) is 4.62. The molecule has 1 amide bonds. The van der Waals surface area contributed by atoms with Crippen molar-refractivity contribution < 1.29 is 14.3 Å². The number of hydrogen-bond acceptors (Lipinski definition) is 5. The van der Waals surface area contributed by atoms with E-state index in [4.69, 9.17) is 16.3 Å². The summed E-state index contributed by atoms with van der Waals surface area (Å²) in [5, 5.41) is 7.57. The third kappa shape index (κ3) is 4.57. The van der Waals surface area contributed by atoms with E-state index in [1.165, 1.54) is 17.4 Å². The van der Waals surface area contributed by atoms with Gasteiger partial charge in [0.1, 0.15) is 11.9 Å². The number of benzene rings is 1. The van der Waals surface area contributed by atoms with Gasteiger partial charge >= 0.3 is 0 Å². The molecule has 1 aliphatic heterocycles. The SMILES string of the molecule is CC(=O)c1ccc(-c2cc(Cl)c3c(c2)CC(CNC(=O)C=Cc2cnn(C)c2C)O3)s1. The second kappa shape index (κ2) is 8.69. The molecule has 3 aromatic rings. The van der Waals surface area contributed by atoms with Crippen molar-refractivity contribution in [2.45, 2.75) is 26.4 Å². The van der Waals surface area contributed by atoms with Crippen LogP contribution in [0.25, 0.3) is 16.5 Å². The molecule has 1 aromatic carbocycles. The van der Waals surface area contributed by atoms with Crippen LogP contribution in [0.5, 0.6) is 5.75 Å². The highest BCUT2D eigenvalue weighted by atomic mass is 35.5. The van der Waals surface area contributed by atoms with Crippen LogP contribution in [0.2, 0.25) is 5.02 Å². The summed E-state index contributed by atoms with van der Waals surface area (Å²) in [6, 6.07) is 7.67. The van der Waals surface area contributed by atoms with Crippen LogP contribution >= 0.6 is 22.9 Å². The molecule has 0 radical (unpaired) electrons. The number of Topliss-reactive ketones (excluding diaryl/α,β-unsaturated/α-hetero) is 1. The molecule has 8 heteroatoms. The minimum absolute atomic E-state index is 0.0513. The molecule has 31 heavy (non-hydrogen) atoms. The monoisotopic (exact) mass is 455 g/mol. The van der Waals surface area contributed by atoms with Crippen molar-refractivity contribution in [3.63, 3.8) is 0 Å². The van der Waals surface area contributed by atoms with Crippen molar-refractivity contribution in [3.8, 4) is 16.2 Å². The Hall–Kier alpha value is -2.90. The largest absolute Gasteiger partial charge is 0.486 e. The fraction of sp³-hybridized carbons (Fsp3) is 0.261. The molecule has 0 saturated carbocycles. The van der Waals surface area contributed by atoms with Gasteiger partial charge < -0.3 is 10.1 Å². The highest BCUT2D eigenvalue weighted by Crippen LogP contribution is 2.41. The van der Waals surface area contributed by atoms with Crippen LogP contribution in [0.1, 0.15) is 33.4 Å². The van der Waals surface area contributed by atoms with E-state index in [1.54, 1.807) is 23.9 Å². The molecule has 1 N–H and O–H groups in total. The first-order valence-corrected chi connectivity index (χ1v) is 11.1. The molecule has 0 saturated heterocycles. The van der Waals surface area contributed by atoms with E-state index >= 15 is 0 Å². The normalized spacial score (nSPS) is 15.2. The third-order valence-corrected chi connectivity index (χ3v) is 6.80. The van der Waals surface area contributed by atoms with Crippen molar-refractivity contribution in [2.24, 2.45) is 7.05 Å². The zero-order valence-corrected chi connectivity index (χ0v) is 19.0. The van der Waals surface area contributed by atoms with Crippen LogP contribution < -0.4 is 10.1 Å². The molecule has 2 aromatic heterocycles. The van der Waals surface area contributed by atoms with E-state index in [-0.39, 0.29) is 17.8 Å². The minimum Gasteiger partial charge on any atom is -0.486 e. The summed E-state index contributed by atoms with van der Waals surface area (Å²) in [7, 11) is 1.86. The van der Waals surface area contributed by atoms with Crippen molar-refractivity contribution in [3.05, 3.63) is 63.3 Å². The number of aromatic nitrogens is 2. The smallest absolute Gasteiger partial charge is 0.244 e. The van der Waals surface area contributed by atoms with Gasteiger partial charge in [-0.05, 0) is 49.8 Å². The molecule has 160 valence electrons. The lowest BCUT2D eigenvalue weighted by atomic mass is 10.1. The highest BCUT2D eigenvalue weighted by molar-refractivity contribution is 7.17. The quantitative estimate of drug-likeness (QED) is 0.440. The minimum atomic E-state index is -0.190. The molecule has 1 atom stereocenters. The number of carbonyl (C=O) groups is 2. The molecule has 4 rings (SSSR count). The second-order valence-electron chi connectivity index (χ2n) is 7.50. The lowest BCUT2D eigenvalue weighted by Gasteiger charge is -2.11. The van der Waals surface area contributed by atoms with Gasteiger partial charge in [-0.3, -0.25) is 14.3 Å². The summed E-state index contributed by atoms with van der Waals surface area (Å²) < 4.78 is 7.73. The molecule has 0 fully saturated rings. The molecule has 3 heterocycles. The summed E-state index contributed by atoms with van der Waals surface area (Å²) in [5.74, 6) is 0.523. The van der Waals surface area contributed by atoms with Gasteiger partial charge in [0.05, 0.1) is 22.6 Å². The number of nitrogens with zero attached hydrogens (tertiary/aromatic N) is 2.